The first kappa shape index (κ1) is 16.5. The van der Waals surface area contributed by atoms with E-state index < -0.39 is 0 Å². The van der Waals surface area contributed by atoms with Gasteiger partial charge in [-0.25, -0.2) is 9.07 Å². The molecule has 0 aliphatic heterocycles. The Kier molecular flexibility index (Phi) is 4.66. The van der Waals surface area contributed by atoms with Gasteiger partial charge in [-0.05, 0) is 35.7 Å². The Bertz CT molecular complexity index is 926. The molecule has 25 heavy (non-hydrogen) atoms. The van der Waals surface area contributed by atoms with E-state index in [4.69, 9.17) is 10.5 Å². The lowest BCUT2D eigenvalue weighted by Gasteiger charge is -2.07. The van der Waals surface area contributed by atoms with Gasteiger partial charge in [-0.15, -0.1) is 5.10 Å². The summed E-state index contributed by atoms with van der Waals surface area (Å²) in [5.41, 5.74) is 9.21. The highest BCUT2D eigenvalue weighted by Crippen LogP contribution is 2.25. The summed E-state index contributed by atoms with van der Waals surface area (Å²) < 4.78 is 20.1. The van der Waals surface area contributed by atoms with E-state index in [0.717, 1.165) is 16.7 Å². The van der Waals surface area contributed by atoms with Crippen LogP contribution in [0.5, 0.6) is 5.88 Å². The number of halogens is 1. The molecule has 0 amide bonds. The number of ether oxygens (including phenoxy) is 1. The number of nitriles is 1. The van der Waals surface area contributed by atoms with Crippen molar-refractivity contribution in [1.29, 1.82) is 5.26 Å². The molecule has 2 N–H and O–H groups in total. The Hall–Kier alpha value is -3.33. The van der Waals surface area contributed by atoms with Crippen molar-refractivity contribution in [1.82, 2.24) is 9.78 Å². The Morgan fingerprint density at radius 3 is 2.60 bits per heavy atom. The molecule has 6 heteroatoms. The van der Waals surface area contributed by atoms with Crippen LogP contribution in [-0.4, -0.2) is 9.78 Å². The fourth-order valence-electron chi connectivity index (χ4n) is 2.46. The van der Waals surface area contributed by atoms with Gasteiger partial charge < -0.3 is 10.5 Å². The van der Waals surface area contributed by atoms with E-state index in [-0.39, 0.29) is 29.7 Å². The number of hydrogen-bond acceptors (Lipinski definition) is 4. The van der Waals surface area contributed by atoms with Gasteiger partial charge in [0.15, 0.2) is 5.56 Å². The number of nitrogen functional groups attached to an aromatic ring is 1. The normalized spacial score (nSPS) is 10.4. The van der Waals surface area contributed by atoms with E-state index in [2.05, 4.69) is 5.10 Å². The molecular weight excluding hydrogens is 319 g/mol. The third kappa shape index (κ3) is 3.61. The minimum atomic E-state index is -0.312. The predicted molar refractivity (Wildman–Crippen MR) is 92.4 cm³/mol. The van der Waals surface area contributed by atoms with Crippen molar-refractivity contribution in [2.45, 2.75) is 20.1 Å². The number of aromatic nitrogens is 2. The van der Waals surface area contributed by atoms with Crippen LogP contribution >= 0.6 is 0 Å². The first-order valence-corrected chi connectivity index (χ1v) is 7.76. The maximum atomic E-state index is 12.9. The molecule has 0 unspecified atom stereocenters. The van der Waals surface area contributed by atoms with Crippen molar-refractivity contribution in [3.8, 4) is 11.9 Å². The number of rotatable bonds is 5. The van der Waals surface area contributed by atoms with Crippen molar-refractivity contribution in [2.75, 3.05) is 5.73 Å². The van der Waals surface area contributed by atoms with Crippen molar-refractivity contribution in [3.05, 3.63) is 76.6 Å². The first-order valence-electron chi connectivity index (χ1n) is 7.76. The lowest BCUT2D eigenvalue weighted by atomic mass is 10.1. The van der Waals surface area contributed by atoms with E-state index in [1.54, 1.807) is 16.8 Å². The average Bonchev–Trinajstić information content (AvgIpc) is 2.91. The monoisotopic (exact) mass is 336 g/mol. The third-order valence-corrected chi connectivity index (χ3v) is 3.94. The second-order valence-electron chi connectivity index (χ2n) is 5.68. The van der Waals surface area contributed by atoms with Crippen LogP contribution in [-0.2, 0) is 13.2 Å². The zero-order valence-electron chi connectivity index (χ0n) is 13.7. The van der Waals surface area contributed by atoms with Crippen LogP contribution in [0.15, 0.2) is 48.5 Å². The third-order valence-electron chi connectivity index (χ3n) is 3.94. The van der Waals surface area contributed by atoms with Gasteiger partial charge in [0.05, 0.1) is 6.54 Å². The highest BCUT2D eigenvalue weighted by atomic mass is 19.1. The fourth-order valence-corrected chi connectivity index (χ4v) is 2.46. The van der Waals surface area contributed by atoms with Gasteiger partial charge >= 0.3 is 0 Å². The van der Waals surface area contributed by atoms with Crippen LogP contribution in [0.1, 0.15) is 22.3 Å². The number of nitrogens with zero attached hydrogens (tertiary/aromatic N) is 3. The Labute approximate surface area is 145 Å². The van der Waals surface area contributed by atoms with Crippen LogP contribution < -0.4 is 10.5 Å². The minimum Gasteiger partial charge on any atom is -0.471 e. The number of aryl methyl sites for hydroxylation is 1. The van der Waals surface area contributed by atoms with Gasteiger partial charge in [0, 0.05) is 0 Å². The Balaban J connectivity index is 1.82. The molecule has 126 valence electrons. The van der Waals surface area contributed by atoms with E-state index in [0.29, 0.717) is 6.54 Å². The molecular formula is C19H17FN4O. The highest BCUT2D eigenvalue weighted by molar-refractivity contribution is 5.55. The second kappa shape index (κ2) is 7.05. The molecule has 3 rings (SSSR count). The molecule has 1 aromatic heterocycles. The smallest absolute Gasteiger partial charge is 0.253 e. The number of benzene rings is 2. The fraction of sp³-hybridized carbons (Fsp3) is 0.158. The molecule has 0 atom stereocenters. The number of hydrogen-bond donors (Lipinski definition) is 1. The van der Waals surface area contributed by atoms with Gasteiger partial charge in [-0.1, -0.05) is 36.4 Å². The molecule has 0 bridgehead atoms. The maximum Gasteiger partial charge on any atom is 0.253 e. The van der Waals surface area contributed by atoms with Crippen LogP contribution in [0.2, 0.25) is 0 Å². The van der Waals surface area contributed by atoms with E-state index in [1.807, 2.05) is 37.3 Å². The van der Waals surface area contributed by atoms with E-state index >= 15 is 0 Å². The zero-order chi connectivity index (χ0) is 17.8. The van der Waals surface area contributed by atoms with Crippen molar-refractivity contribution < 1.29 is 9.13 Å². The summed E-state index contributed by atoms with van der Waals surface area (Å²) in [6.07, 6.45) is 0. The molecule has 1 heterocycles. The molecule has 0 spiro atoms. The van der Waals surface area contributed by atoms with Crippen molar-refractivity contribution in [2.24, 2.45) is 0 Å². The molecule has 0 fully saturated rings. The van der Waals surface area contributed by atoms with E-state index in [9.17, 15) is 9.65 Å². The molecule has 0 saturated carbocycles. The molecule has 2 aromatic carbocycles. The lowest BCUT2D eigenvalue weighted by molar-refractivity contribution is 0.289. The van der Waals surface area contributed by atoms with Crippen LogP contribution in [0.4, 0.5) is 10.2 Å². The molecule has 3 aromatic rings. The summed E-state index contributed by atoms with van der Waals surface area (Å²) in [4.78, 5) is 0. The van der Waals surface area contributed by atoms with Crippen molar-refractivity contribution >= 4 is 5.82 Å². The summed E-state index contributed by atoms with van der Waals surface area (Å²) in [5, 5.41) is 13.7. The second-order valence-corrected chi connectivity index (χ2v) is 5.68. The van der Waals surface area contributed by atoms with Gasteiger partial charge in [0.25, 0.3) is 5.88 Å². The topological polar surface area (TPSA) is 76.9 Å². The zero-order valence-corrected chi connectivity index (χ0v) is 13.7. The van der Waals surface area contributed by atoms with Crippen molar-refractivity contribution in [3.63, 3.8) is 0 Å². The number of anilines is 1. The van der Waals surface area contributed by atoms with E-state index in [1.165, 1.54) is 12.1 Å². The minimum absolute atomic E-state index is 0.176. The van der Waals surface area contributed by atoms with Gasteiger partial charge in [0.2, 0.25) is 0 Å². The Morgan fingerprint density at radius 2 is 1.92 bits per heavy atom. The van der Waals surface area contributed by atoms with Gasteiger partial charge in [0.1, 0.15) is 24.3 Å². The van der Waals surface area contributed by atoms with Gasteiger partial charge in [-0.2, -0.15) is 5.26 Å². The predicted octanol–water partition coefficient (Wildman–Crippen LogP) is 3.41. The molecule has 0 aliphatic rings. The van der Waals surface area contributed by atoms with Crippen LogP contribution in [0.3, 0.4) is 0 Å². The quantitative estimate of drug-likeness (QED) is 0.774. The average molecular weight is 336 g/mol. The summed E-state index contributed by atoms with van der Waals surface area (Å²) in [6, 6.07) is 15.9. The summed E-state index contributed by atoms with van der Waals surface area (Å²) in [6.45, 7) is 2.63. The first-order chi connectivity index (χ1) is 12.1. The summed E-state index contributed by atoms with van der Waals surface area (Å²) in [7, 11) is 0. The number of nitrogens with two attached hydrogens (primary N) is 1. The molecule has 5 nitrogen and oxygen atoms in total. The molecule has 0 aliphatic carbocycles. The Morgan fingerprint density at radius 1 is 1.20 bits per heavy atom. The van der Waals surface area contributed by atoms with Gasteiger partial charge in [-0.3, -0.25) is 0 Å². The summed E-state index contributed by atoms with van der Waals surface area (Å²) in [5.74, 6) is 0.131. The van der Waals surface area contributed by atoms with Crippen LogP contribution in [0.25, 0.3) is 0 Å². The lowest BCUT2D eigenvalue weighted by Crippen LogP contribution is -2.07. The highest BCUT2D eigenvalue weighted by Gasteiger charge is 2.17. The van der Waals surface area contributed by atoms with Crippen LogP contribution in [0, 0.1) is 24.1 Å². The standard InChI is InChI=1S/C19H17FN4O/c1-13-4-2-3-5-15(13)11-24-18(22)17(10-21)19(23-24)25-12-14-6-8-16(20)9-7-14/h2-9H,11-12,22H2,1H3. The maximum absolute atomic E-state index is 12.9. The molecule has 0 radical (unpaired) electrons. The SMILES string of the molecule is Cc1ccccc1Cn1nc(OCc2ccc(F)cc2)c(C#N)c1N. The summed E-state index contributed by atoms with van der Waals surface area (Å²) >= 11 is 0. The molecule has 0 saturated heterocycles. The largest absolute Gasteiger partial charge is 0.471 e.